The van der Waals surface area contributed by atoms with E-state index in [9.17, 15) is 19.7 Å². The lowest BCUT2D eigenvalue weighted by Gasteiger charge is -2.09. The maximum Gasteiger partial charge on any atom is 0.269 e. The van der Waals surface area contributed by atoms with E-state index in [4.69, 9.17) is 11.6 Å². The van der Waals surface area contributed by atoms with E-state index in [0.717, 1.165) is 4.90 Å². The topological polar surface area (TPSA) is 101 Å². The number of nitro groups is 1. The number of non-ortho nitro benzene ring substituents is 1. The SMILES string of the molecule is O=C(CSc1cccc(NC(=O)c2ccc([N+](=O)[O-])cc2)c1)Nc1ccccc1Cl. The Balaban J connectivity index is 1.57. The second kappa shape index (κ2) is 9.91. The number of hydrogen-bond acceptors (Lipinski definition) is 5. The Bertz CT molecular complexity index is 1090. The van der Waals surface area contributed by atoms with Crippen LogP contribution in [0, 0.1) is 10.1 Å². The van der Waals surface area contributed by atoms with E-state index in [1.54, 1.807) is 42.5 Å². The molecular formula is C21H16ClN3O4S. The van der Waals surface area contributed by atoms with E-state index in [2.05, 4.69) is 10.6 Å². The van der Waals surface area contributed by atoms with Gasteiger partial charge in [-0.2, -0.15) is 0 Å². The first-order chi connectivity index (χ1) is 14.4. The number of para-hydroxylation sites is 1. The number of anilines is 2. The van der Waals surface area contributed by atoms with Crippen molar-refractivity contribution in [2.24, 2.45) is 0 Å². The fourth-order valence-electron chi connectivity index (χ4n) is 2.50. The Morgan fingerprint density at radius 3 is 2.40 bits per heavy atom. The second-order valence-electron chi connectivity index (χ2n) is 6.10. The first kappa shape index (κ1) is 21.4. The van der Waals surface area contributed by atoms with Crippen LogP contribution in [-0.4, -0.2) is 22.5 Å². The van der Waals surface area contributed by atoms with Crippen molar-refractivity contribution in [2.75, 3.05) is 16.4 Å². The van der Waals surface area contributed by atoms with Crippen molar-refractivity contribution in [1.82, 2.24) is 0 Å². The molecule has 3 rings (SSSR count). The number of nitro benzene ring substituents is 1. The van der Waals surface area contributed by atoms with E-state index in [1.165, 1.54) is 36.0 Å². The molecule has 0 radical (unpaired) electrons. The van der Waals surface area contributed by atoms with Gasteiger partial charge in [-0.25, -0.2) is 0 Å². The van der Waals surface area contributed by atoms with E-state index in [-0.39, 0.29) is 23.3 Å². The predicted octanol–water partition coefficient (Wildman–Crippen LogP) is 5.23. The van der Waals surface area contributed by atoms with Gasteiger partial charge in [0, 0.05) is 28.3 Å². The Morgan fingerprint density at radius 2 is 1.70 bits per heavy atom. The molecule has 0 fully saturated rings. The normalized spacial score (nSPS) is 10.3. The molecule has 2 N–H and O–H groups in total. The first-order valence-corrected chi connectivity index (χ1v) is 10.1. The minimum absolute atomic E-state index is 0.0833. The average molecular weight is 442 g/mol. The standard InChI is InChI=1S/C21H16ClN3O4S/c22-18-6-1-2-7-19(18)24-20(26)13-30-17-5-3-4-15(12-17)23-21(27)14-8-10-16(11-9-14)25(28)29/h1-12H,13H2,(H,23,27)(H,24,26). The minimum atomic E-state index is -0.524. The zero-order valence-corrected chi connectivity index (χ0v) is 17.1. The molecule has 0 aliphatic carbocycles. The van der Waals surface area contributed by atoms with Gasteiger partial charge < -0.3 is 10.6 Å². The number of rotatable bonds is 7. The smallest absolute Gasteiger partial charge is 0.269 e. The quantitative estimate of drug-likeness (QED) is 0.297. The molecule has 7 nitrogen and oxygen atoms in total. The van der Waals surface area contributed by atoms with Crippen LogP contribution >= 0.6 is 23.4 Å². The summed E-state index contributed by atoms with van der Waals surface area (Å²) in [6.07, 6.45) is 0. The number of halogens is 1. The molecule has 2 amide bonds. The van der Waals surface area contributed by atoms with Gasteiger partial charge in [-0.3, -0.25) is 19.7 Å². The van der Waals surface area contributed by atoms with Crippen molar-refractivity contribution in [1.29, 1.82) is 0 Å². The lowest BCUT2D eigenvalue weighted by atomic mass is 10.2. The summed E-state index contributed by atoms with van der Waals surface area (Å²) >= 11 is 7.35. The molecule has 0 saturated carbocycles. The fourth-order valence-corrected chi connectivity index (χ4v) is 3.44. The monoisotopic (exact) mass is 441 g/mol. The highest BCUT2D eigenvalue weighted by molar-refractivity contribution is 8.00. The summed E-state index contributed by atoms with van der Waals surface area (Å²) in [6.45, 7) is 0. The summed E-state index contributed by atoms with van der Waals surface area (Å²) in [5.41, 5.74) is 1.32. The molecule has 0 spiro atoms. The van der Waals surface area contributed by atoms with Crippen LogP contribution in [0.4, 0.5) is 17.1 Å². The number of hydrogen-bond donors (Lipinski definition) is 2. The highest BCUT2D eigenvalue weighted by Crippen LogP contribution is 2.24. The van der Waals surface area contributed by atoms with Crippen LogP contribution in [0.25, 0.3) is 0 Å². The highest BCUT2D eigenvalue weighted by atomic mass is 35.5. The number of carbonyl (C=O) groups excluding carboxylic acids is 2. The lowest BCUT2D eigenvalue weighted by molar-refractivity contribution is -0.384. The van der Waals surface area contributed by atoms with Gasteiger partial charge in [-0.1, -0.05) is 29.8 Å². The van der Waals surface area contributed by atoms with Crippen molar-refractivity contribution in [3.05, 3.63) is 93.5 Å². The molecule has 0 unspecified atom stereocenters. The first-order valence-electron chi connectivity index (χ1n) is 8.75. The number of nitrogens with zero attached hydrogens (tertiary/aromatic N) is 1. The Kier molecular flexibility index (Phi) is 7.05. The van der Waals surface area contributed by atoms with Gasteiger partial charge in [-0.15, -0.1) is 11.8 Å². The third-order valence-electron chi connectivity index (χ3n) is 3.95. The van der Waals surface area contributed by atoms with Gasteiger partial charge in [0.05, 0.1) is 21.4 Å². The van der Waals surface area contributed by atoms with Crippen molar-refractivity contribution < 1.29 is 14.5 Å². The van der Waals surface area contributed by atoms with Gasteiger partial charge in [0.1, 0.15) is 0 Å². The summed E-state index contributed by atoms with van der Waals surface area (Å²) in [7, 11) is 0. The molecule has 0 aliphatic rings. The van der Waals surface area contributed by atoms with Gasteiger partial charge in [-0.05, 0) is 42.5 Å². The molecule has 0 heterocycles. The molecule has 0 saturated heterocycles. The van der Waals surface area contributed by atoms with Gasteiger partial charge in [0.2, 0.25) is 5.91 Å². The van der Waals surface area contributed by atoms with Crippen LogP contribution in [0.15, 0.2) is 77.7 Å². The molecule has 0 bridgehead atoms. The highest BCUT2D eigenvalue weighted by Gasteiger charge is 2.11. The van der Waals surface area contributed by atoms with Crippen LogP contribution < -0.4 is 10.6 Å². The average Bonchev–Trinajstić information content (AvgIpc) is 2.74. The summed E-state index contributed by atoms with van der Waals surface area (Å²) in [4.78, 5) is 35.5. The van der Waals surface area contributed by atoms with Crippen molar-refractivity contribution in [2.45, 2.75) is 4.90 Å². The summed E-state index contributed by atoms with van der Waals surface area (Å²) < 4.78 is 0. The number of amides is 2. The van der Waals surface area contributed by atoms with E-state index < -0.39 is 4.92 Å². The van der Waals surface area contributed by atoms with E-state index in [0.29, 0.717) is 22.0 Å². The van der Waals surface area contributed by atoms with Gasteiger partial charge >= 0.3 is 0 Å². The molecule has 0 atom stereocenters. The number of thioether (sulfide) groups is 1. The Hall–Kier alpha value is -3.36. The molecule has 0 aromatic heterocycles. The van der Waals surface area contributed by atoms with Crippen LogP contribution in [0.5, 0.6) is 0 Å². The van der Waals surface area contributed by atoms with Crippen molar-refractivity contribution in [3.63, 3.8) is 0 Å². The zero-order chi connectivity index (χ0) is 21.5. The molecule has 152 valence electrons. The molecule has 3 aromatic rings. The third-order valence-corrected chi connectivity index (χ3v) is 5.27. The lowest BCUT2D eigenvalue weighted by Crippen LogP contribution is -2.14. The molecule has 3 aromatic carbocycles. The minimum Gasteiger partial charge on any atom is -0.324 e. The fraction of sp³-hybridized carbons (Fsp3) is 0.0476. The van der Waals surface area contributed by atoms with Crippen LogP contribution in [0.3, 0.4) is 0 Å². The summed E-state index contributed by atoms with van der Waals surface area (Å²) in [6, 6.07) is 19.4. The van der Waals surface area contributed by atoms with Gasteiger partial charge in [0.25, 0.3) is 11.6 Å². The maximum atomic E-state index is 12.3. The van der Waals surface area contributed by atoms with Crippen molar-refractivity contribution in [3.8, 4) is 0 Å². The van der Waals surface area contributed by atoms with E-state index in [1.807, 2.05) is 6.07 Å². The number of benzene rings is 3. The largest absolute Gasteiger partial charge is 0.324 e. The predicted molar refractivity (Wildman–Crippen MR) is 118 cm³/mol. The van der Waals surface area contributed by atoms with Crippen LogP contribution in [-0.2, 0) is 4.79 Å². The van der Waals surface area contributed by atoms with Crippen molar-refractivity contribution >= 4 is 52.2 Å². The Morgan fingerprint density at radius 1 is 0.967 bits per heavy atom. The van der Waals surface area contributed by atoms with E-state index >= 15 is 0 Å². The van der Waals surface area contributed by atoms with Crippen LogP contribution in [0.1, 0.15) is 10.4 Å². The van der Waals surface area contributed by atoms with Gasteiger partial charge in [0.15, 0.2) is 0 Å². The third kappa shape index (κ3) is 5.82. The summed E-state index contributed by atoms with van der Waals surface area (Å²) in [5, 5.41) is 16.7. The summed E-state index contributed by atoms with van der Waals surface area (Å²) in [5.74, 6) is -0.415. The number of nitrogens with one attached hydrogen (secondary N) is 2. The van der Waals surface area contributed by atoms with Crippen LogP contribution in [0.2, 0.25) is 5.02 Å². The molecule has 9 heteroatoms. The zero-order valence-electron chi connectivity index (χ0n) is 15.5. The molecule has 0 aliphatic heterocycles. The molecule has 30 heavy (non-hydrogen) atoms. The number of carbonyl (C=O) groups is 2. The second-order valence-corrected chi connectivity index (χ2v) is 7.56. The molecular weight excluding hydrogens is 426 g/mol. The maximum absolute atomic E-state index is 12.3. The Labute approximate surface area is 181 Å².